The van der Waals surface area contributed by atoms with Crippen LogP contribution in [0.3, 0.4) is 0 Å². The van der Waals surface area contributed by atoms with Gasteiger partial charge in [-0.05, 0) is 18.6 Å². The van der Waals surface area contributed by atoms with E-state index in [4.69, 9.17) is 15.3 Å². The molecule has 0 spiro atoms. The fraction of sp³-hybridized carbons (Fsp3) is 0.471. The monoisotopic (exact) mass is 409 g/mol. The second-order valence-electron chi connectivity index (χ2n) is 5.56. The van der Waals surface area contributed by atoms with Crippen LogP contribution < -0.4 is 94.0 Å². The molecule has 0 atom stereocenters. The summed E-state index contributed by atoms with van der Waals surface area (Å²) in [5.41, 5.74) is -1.48. The molecule has 0 aromatic heterocycles. The third-order valence-electron chi connectivity index (χ3n) is 3.67. The minimum absolute atomic E-state index is 0. The van der Waals surface area contributed by atoms with Gasteiger partial charge in [-0.1, -0.05) is 39.0 Å². The molecule has 1 aromatic rings. The van der Waals surface area contributed by atoms with Gasteiger partial charge in [-0.15, -0.1) is 0 Å². The summed E-state index contributed by atoms with van der Waals surface area (Å²) in [4.78, 5) is 33.7. The molecular formula is C17H26NNa3O6. The van der Waals surface area contributed by atoms with Crippen molar-refractivity contribution in [1.82, 2.24) is 0 Å². The first-order chi connectivity index (χ1) is 11.4. The first-order valence-electron chi connectivity index (χ1n) is 8.00. The van der Waals surface area contributed by atoms with E-state index in [9.17, 15) is 14.4 Å². The van der Waals surface area contributed by atoms with Crippen LogP contribution in [0, 0.1) is 0 Å². The number of carbonyl (C=O) groups is 3. The summed E-state index contributed by atoms with van der Waals surface area (Å²) in [5, 5.41) is 30.4. The number of hydrogen-bond acceptors (Lipinski definition) is 4. The molecule has 1 rings (SSSR count). The topological polar surface area (TPSA) is 124 Å². The summed E-state index contributed by atoms with van der Waals surface area (Å²) in [7, 11) is 0. The third kappa shape index (κ3) is 11.3. The number of anilines is 1. The van der Waals surface area contributed by atoms with Crippen LogP contribution in [-0.2, 0) is 0 Å². The third-order valence-corrected chi connectivity index (χ3v) is 3.67. The zero-order valence-electron chi connectivity index (χ0n) is 19.7. The molecule has 0 aliphatic rings. The van der Waals surface area contributed by atoms with E-state index < -0.39 is 34.6 Å². The molecule has 0 bridgehead atoms. The number of hydrogen-bond donors (Lipinski definition) is 4. The van der Waals surface area contributed by atoms with Gasteiger partial charge >= 0.3 is 107 Å². The van der Waals surface area contributed by atoms with Gasteiger partial charge in [-0.2, -0.15) is 0 Å². The van der Waals surface area contributed by atoms with Gasteiger partial charge in [0.2, 0.25) is 0 Å². The SMILES string of the molecule is CCCCCCCCNc1cc(C(=O)O)c(C(=O)O)c(C(=O)O)c1.[H-].[H-].[H-].[Na+].[Na+].[Na+]. The van der Waals surface area contributed by atoms with Crippen molar-refractivity contribution in [3.63, 3.8) is 0 Å². The largest absolute Gasteiger partial charge is 1.00 e. The Kier molecular flexibility index (Phi) is 20.6. The first kappa shape index (κ1) is 32.1. The molecule has 7 nitrogen and oxygen atoms in total. The fourth-order valence-corrected chi connectivity index (χ4v) is 2.45. The summed E-state index contributed by atoms with van der Waals surface area (Å²) in [6.07, 6.45) is 6.56. The van der Waals surface area contributed by atoms with Gasteiger partial charge in [-0.25, -0.2) is 14.4 Å². The summed E-state index contributed by atoms with van der Waals surface area (Å²) in [5.74, 6) is -4.52. The number of carboxylic acids is 3. The molecule has 0 saturated heterocycles. The predicted molar refractivity (Wildman–Crippen MR) is 92.5 cm³/mol. The second-order valence-corrected chi connectivity index (χ2v) is 5.56. The Balaban J connectivity index is -0.000000240. The van der Waals surface area contributed by atoms with Crippen LogP contribution in [0.15, 0.2) is 12.1 Å². The Labute approximate surface area is 230 Å². The van der Waals surface area contributed by atoms with Gasteiger partial charge in [0.1, 0.15) is 0 Å². The van der Waals surface area contributed by atoms with E-state index in [1.165, 1.54) is 19.3 Å². The summed E-state index contributed by atoms with van der Waals surface area (Å²) < 4.78 is 0. The van der Waals surface area contributed by atoms with Gasteiger partial charge in [0.25, 0.3) is 0 Å². The number of unbranched alkanes of at least 4 members (excludes halogenated alkanes) is 5. The smallest absolute Gasteiger partial charge is 1.00 e. The molecule has 1 aromatic carbocycles. The zero-order chi connectivity index (χ0) is 18.1. The minimum Gasteiger partial charge on any atom is -1.00 e. The molecule has 27 heavy (non-hydrogen) atoms. The molecule has 4 N–H and O–H groups in total. The van der Waals surface area contributed by atoms with Gasteiger partial charge in [0.15, 0.2) is 0 Å². The quantitative estimate of drug-likeness (QED) is 0.213. The van der Waals surface area contributed by atoms with E-state index in [-0.39, 0.29) is 93.0 Å². The zero-order valence-corrected chi connectivity index (χ0v) is 22.7. The number of benzene rings is 1. The molecule has 138 valence electrons. The molecule has 0 unspecified atom stereocenters. The van der Waals surface area contributed by atoms with Crippen LogP contribution in [0.4, 0.5) is 5.69 Å². The molecular weight excluding hydrogens is 383 g/mol. The van der Waals surface area contributed by atoms with Gasteiger partial charge in [0, 0.05) is 12.2 Å². The Morgan fingerprint density at radius 2 is 1.26 bits per heavy atom. The van der Waals surface area contributed by atoms with E-state index >= 15 is 0 Å². The predicted octanol–water partition coefficient (Wildman–Crippen LogP) is -5.10. The normalized spacial score (nSPS) is 9.22. The average molecular weight is 409 g/mol. The van der Waals surface area contributed by atoms with Crippen LogP contribution in [-0.4, -0.2) is 39.8 Å². The Hall–Kier alpha value is 0.430. The number of nitrogens with one attached hydrogen (secondary N) is 1. The molecule has 0 heterocycles. The van der Waals surface area contributed by atoms with Crippen molar-refractivity contribution in [2.75, 3.05) is 11.9 Å². The van der Waals surface area contributed by atoms with Gasteiger partial charge in [0.05, 0.1) is 16.7 Å². The van der Waals surface area contributed by atoms with Gasteiger partial charge < -0.3 is 24.9 Å². The van der Waals surface area contributed by atoms with Crippen molar-refractivity contribution in [3.05, 3.63) is 28.8 Å². The standard InChI is InChI=1S/C17H23NO6.3Na.3H/c1-2-3-4-5-6-7-8-18-11-9-12(15(19)20)14(17(23)24)13(10-11)16(21)22;;;;;;/h9-10,18H,2-8H2,1H3,(H,19,20)(H,21,22)(H,23,24);;;;;;/q;3*+1;3*-1. The van der Waals surface area contributed by atoms with Crippen molar-refractivity contribution in [2.24, 2.45) is 0 Å². The molecule has 0 saturated carbocycles. The van der Waals surface area contributed by atoms with Crippen molar-refractivity contribution in [3.8, 4) is 0 Å². The molecule has 0 aliphatic heterocycles. The molecule has 0 radical (unpaired) electrons. The number of rotatable bonds is 11. The summed E-state index contributed by atoms with van der Waals surface area (Å²) in [6.45, 7) is 2.71. The van der Waals surface area contributed by atoms with Gasteiger partial charge in [-0.3, -0.25) is 0 Å². The van der Waals surface area contributed by atoms with Crippen LogP contribution in [0.25, 0.3) is 0 Å². The van der Waals surface area contributed by atoms with Crippen molar-refractivity contribution in [1.29, 1.82) is 0 Å². The fourth-order valence-electron chi connectivity index (χ4n) is 2.45. The first-order valence-corrected chi connectivity index (χ1v) is 8.00. The molecule has 10 heteroatoms. The van der Waals surface area contributed by atoms with Crippen LogP contribution >= 0.6 is 0 Å². The second kappa shape index (κ2) is 17.3. The van der Waals surface area contributed by atoms with Crippen LogP contribution in [0.2, 0.25) is 0 Å². The Bertz CT molecular complexity index is 604. The van der Waals surface area contributed by atoms with Crippen LogP contribution in [0.5, 0.6) is 0 Å². The maximum atomic E-state index is 11.2. The Morgan fingerprint density at radius 3 is 1.67 bits per heavy atom. The van der Waals surface area contributed by atoms with Crippen molar-refractivity contribution >= 4 is 23.6 Å². The maximum absolute atomic E-state index is 11.2. The maximum Gasteiger partial charge on any atom is 1.00 e. The molecule has 0 aliphatic carbocycles. The van der Waals surface area contributed by atoms with Crippen molar-refractivity contribution < 1.29 is 123 Å². The van der Waals surface area contributed by atoms with E-state index in [0.29, 0.717) is 12.2 Å². The number of aromatic carboxylic acids is 3. The Morgan fingerprint density at radius 1 is 0.815 bits per heavy atom. The summed E-state index contributed by atoms with van der Waals surface area (Å²) >= 11 is 0. The van der Waals surface area contributed by atoms with E-state index in [2.05, 4.69) is 12.2 Å². The van der Waals surface area contributed by atoms with Crippen molar-refractivity contribution in [2.45, 2.75) is 45.4 Å². The van der Waals surface area contributed by atoms with E-state index in [0.717, 1.165) is 31.4 Å². The minimum atomic E-state index is -1.58. The summed E-state index contributed by atoms with van der Waals surface area (Å²) in [6, 6.07) is 2.32. The average Bonchev–Trinajstić information content (AvgIpc) is 2.52. The number of carboxylic acid groups (broad SMARTS) is 3. The molecule has 0 amide bonds. The molecule has 0 fully saturated rings. The van der Waals surface area contributed by atoms with Crippen LogP contribution in [0.1, 0.15) is 80.8 Å². The van der Waals surface area contributed by atoms with E-state index in [1.54, 1.807) is 0 Å². The van der Waals surface area contributed by atoms with E-state index in [1.807, 2.05) is 0 Å².